The molecule has 0 radical (unpaired) electrons. The van der Waals surface area contributed by atoms with Gasteiger partial charge in [0, 0.05) is 17.3 Å². The van der Waals surface area contributed by atoms with Crippen LogP contribution in [0.5, 0.6) is 5.75 Å². The van der Waals surface area contributed by atoms with Crippen molar-refractivity contribution in [3.63, 3.8) is 0 Å². The molecule has 3 atom stereocenters. The lowest BCUT2D eigenvalue weighted by molar-refractivity contribution is -0.183. The lowest BCUT2D eigenvalue weighted by Crippen LogP contribution is -2.57. The third-order valence-corrected chi connectivity index (χ3v) is 10.7. The first-order valence-corrected chi connectivity index (χ1v) is 14.6. The molecule has 0 heterocycles. The van der Waals surface area contributed by atoms with Gasteiger partial charge in [-0.05, 0) is 91.2 Å². The van der Waals surface area contributed by atoms with Crippen LogP contribution >= 0.6 is 0 Å². The molecule has 7 aliphatic carbocycles. The van der Waals surface area contributed by atoms with E-state index in [-0.39, 0.29) is 35.1 Å². The first-order chi connectivity index (χ1) is 19.0. The van der Waals surface area contributed by atoms with Crippen LogP contribution in [0.4, 0.5) is 0 Å². The predicted octanol–water partition coefficient (Wildman–Crippen LogP) is 7.02. The summed E-state index contributed by atoms with van der Waals surface area (Å²) >= 11 is 0. The van der Waals surface area contributed by atoms with Crippen molar-refractivity contribution < 1.29 is 19.1 Å². The van der Waals surface area contributed by atoms with Crippen LogP contribution in [0.1, 0.15) is 79.0 Å². The molecule has 3 aromatic rings. The summed E-state index contributed by atoms with van der Waals surface area (Å²) < 4.78 is 12.2. The van der Waals surface area contributed by atoms with Crippen LogP contribution in [0, 0.1) is 28.6 Å². The maximum absolute atomic E-state index is 13.8. The zero-order valence-electron chi connectivity index (χ0n) is 22.2. The minimum absolute atomic E-state index is 0.0541. The fraction of sp³-hybridized carbons (Fsp3) is 0.429. The van der Waals surface area contributed by atoms with E-state index >= 15 is 0 Å². The third-order valence-electron chi connectivity index (χ3n) is 10.7. The molecule has 10 rings (SSSR count). The first-order valence-electron chi connectivity index (χ1n) is 14.6. The summed E-state index contributed by atoms with van der Waals surface area (Å²) in [5.74, 6) is 1.63. The molecule has 0 N–H and O–H groups in total. The van der Waals surface area contributed by atoms with Gasteiger partial charge in [-0.2, -0.15) is 0 Å². The van der Waals surface area contributed by atoms with Gasteiger partial charge in [-0.3, -0.25) is 9.59 Å². The van der Waals surface area contributed by atoms with Crippen LogP contribution in [-0.4, -0.2) is 18.5 Å². The number of hydrogen-bond donors (Lipinski definition) is 0. The molecule has 0 aromatic heterocycles. The molecular weight excluding hydrogens is 484 g/mol. The Hall–Kier alpha value is -3.40. The zero-order valence-corrected chi connectivity index (χ0v) is 22.2. The van der Waals surface area contributed by atoms with Gasteiger partial charge in [-0.1, -0.05) is 66.7 Å². The number of carbonyl (C=O) groups excluding carboxylic acids is 2. The number of benzene rings is 3. The maximum Gasteiger partial charge on any atom is 0.317 e. The van der Waals surface area contributed by atoms with Crippen molar-refractivity contribution >= 4 is 11.9 Å². The summed E-state index contributed by atoms with van der Waals surface area (Å²) in [6.45, 7) is 0.427. The molecule has 0 saturated heterocycles. The van der Waals surface area contributed by atoms with Crippen LogP contribution in [0.25, 0.3) is 0 Å². The van der Waals surface area contributed by atoms with E-state index in [1.807, 2.05) is 30.3 Å². The van der Waals surface area contributed by atoms with Crippen molar-refractivity contribution in [2.45, 2.75) is 56.8 Å². The van der Waals surface area contributed by atoms with Crippen molar-refractivity contribution in [2.24, 2.45) is 28.6 Å². The second kappa shape index (κ2) is 8.55. The van der Waals surface area contributed by atoms with Crippen molar-refractivity contribution in [1.29, 1.82) is 0 Å². The van der Waals surface area contributed by atoms with Gasteiger partial charge in [0.15, 0.2) is 0 Å². The van der Waals surface area contributed by atoms with Gasteiger partial charge in [0.25, 0.3) is 0 Å². The Bertz CT molecular complexity index is 1400. The largest absolute Gasteiger partial charge is 0.465 e. The van der Waals surface area contributed by atoms with Crippen LogP contribution in [0.15, 0.2) is 78.9 Å². The Labute approximate surface area is 229 Å². The Morgan fingerprint density at radius 1 is 0.718 bits per heavy atom. The summed E-state index contributed by atoms with van der Waals surface area (Å²) in [7, 11) is 0. The highest BCUT2D eigenvalue weighted by Crippen LogP contribution is 2.66. The number of rotatable bonds is 5. The summed E-state index contributed by atoms with van der Waals surface area (Å²) in [5.41, 5.74) is 4.74. The maximum atomic E-state index is 13.8. The van der Waals surface area contributed by atoms with Crippen molar-refractivity contribution in [3.05, 3.63) is 101 Å². The molecule has 7 aliphatic rings. The van der Waals surface area contributed by atoms with Gasteiger partial charge in [-0.25, -0.2) is 0 Å². The van der Waals surface area contributed by atoms with E-state index in [2.05, 4.69) is 48.5 Å². The standard InChI is InChI=1S/C35H34O4/c36-32(30-15-29-25-10-4-6-12-27(25)31(30)28-13-7-5-11-26(28)29)38-21-34-16-22-14-23(17-34)19-35(18-22,20-34)33(37)39-24-8-2-1-3-9-24/h1-13,22-23,29-31H,14-21H2. The minimum Gasteiger partial charge on any atom is -0.465 e. The SMILES string of the molecule is O=C(OCC12CC3CC(C1)CC(C(=O)Oc1ccccc1)(C3)C2)C1CC2c3ccccc3C1c1ccccc12. The van der Waals surface area contributed by atoms with Gasteiger partial charge in [-0.15, -0.1) is 0 Å². The molecule has 0 aliphatic heterocycles. The number of ether oxygens (including phenoxy) is 2. The van der Waals surface area contributed by atoms with E-state index in [1.165, 1.54) is 28.7 Å². The fourth-order valence-electron chi connectivity index (χ4n) is 9.76. The summed E-state index contributed by atoms with van der Waals surface area (Å²) in [5, 5.41) is 0. The lowest BCUT2D eigenvalue weighted by Gasteiger charge is -2.60. The van der Waals surface area contributed by atoms with Crippen molar-refractivity contribution in [1.82, 2.24) is 0 Å². The number of esters is 2. The van der Waals surface area contributed by atoms with Crippen LogP contribution in [0.3, 0.4) is 0 Å². The number of fused-ring (bicyclic) bond motifs is 1. The minimum atomic E-state index is -0.450. The highest BCUT2D eigenvalue weighted by molar-refractivity contribution is 5.80. The fourth-order valence-corrected chi connectivity index (χ4v) is 9.76. The van der Waals surface area contributed by atoms with Gasteiger partial charge < -0.3 is 9.47 Å². The summed E-state index contributed by atoms with van der Waals surface area (Å²) in [6, 6.07) is 26.7. The molecule has 4 heteroatoms. The van der Waals surface area contributed by atoms with E-state index in [9.17, 15) is 9.59 Å². The van der Waals surface area contributed by atoms with Crippen molar-refractivity contribution in [3.8, 4) is 5.75 Å². The molecule has 39 heavy (non-hydrogen) atoms. The molecule has 3 aromatic carbocycles. The van der Waals surface area contributed by atoms with Gasteiger partial charge in [0.2, 0.25) is 0 Å². The van der Waals surface area contributed by atoms with Crippen molar-refractivity contribution in [2.75, 3.05) is 6.61 Å². The highest BCUT2D eigenvalue weighted by Gasteiger charge is 2.62. The van der Waals surface area contributed by atoms with Crippen LogP contribution in [-0.2, 0) is 14.3 Å². The van der Waals surface area contributed by atoms with E-state index in [1.54, 1.807) is 0 Å². The quantitative estimate of drug-likeness (QED) is 0.269. The Morgan fingerprint density at radius 3 is 1.95 bits per heavy atom. The second-order valence-electron chi connectivity index (χ2n) is 13.2. The second-order valence-corrected chi connectivity index (χ2v) is 13.2. The first kappa shape index (κ1) is 23.5. The van der Waals surface area contributed by atoms with E-state index < -0.39 is 5.41 Å². The number of carbonyl (C=O) groups is 2. The van der Waals surface area contributed by atoms with E-state index in [4.69, 9.17) is 9.47 Å². The zero-order chi connectivity index (χ0) is 26.2. The molecule has 4 saturated carbocycles. The van der Waals surface area contributed by atoms with E-state index in [0.717, 1.165) is 38.5 Å². The number of para-hydroxylation sites is 1. The highest BCUT2D eigenvalue weighted by atomic mass is 16.5. The van der Waals surface area contributed by atoms with Gasteiger partial charge >= 0.3 is 11.9 Å². The molecule has 0 spiro atoms. The Morgan fingerprint density at radius 2 is 1.31 bits per heavy atom. The third kappa shape index (κ3) is 3.63. The average Bonchev–Trinajstić information content (AvgIpc) is 2.96. The molecule has 6 bridgehead atoms. The van der Waals surface area contributed by atoms with Gasteiger partial charge in [0.05, 0.1) is 17.9 Å². The Kier molecular flexibility index (Phi) is 5.15. The smallest absolute Gasteiger partial charge is 0.317 e. The summed E-state index contributed by atoms with van der Waals surface area (Å²) in [6.07, 6.45) is 6.70. The Balaban J connectivity index is 1.03. The van der Waals surface area contributed by atoms with Crippen LogP contribution < -0.4 is 4.74 Å². The average molecular weight is 519 g/mol. The van der Waals surface area contributed by atoms with Crippen LogP contribution in [0.2, 0.25) is 0 Å². The normalized spacial score (nSPS) is 34.7. The molecule has 4 nitrogen and oxygen atoms in total. The lowest BCUT2D eigenvalue weighted by atomic mass is 9.44. The van der Waals surface area contributed by atoms with E-state index in [0.29, 0.717) is 24.2 Å². The molecule has 198 valence electrons. The molecule has 4 fully saturated rings. The summed E-state index contributed by atoms with van der Waals surface area (Å²) in [4.78, 5) is 27.4. The molecule has 3 unspecified atom stereocenters. The number of hydrogen-bond acceptors (Lipinski definition) is 4. The predicted molar refractivity (Wildman–Crippen MR) is 147 cm³/mol. The topological polar surface area (TPSA) is 52.6 Å². The monoisotopic (exact) mass is 518 g/mol. The molecule has 0 amide bonds. The van der Waals surface area contributed by atoms with Gasteiger partial charge in [0.1, 0.15) is 5.75 Å². The molecular formula is C35H34O4.